The van der Waals surface area contributed by atoms with Crippen LogP contribution in [-0.4, -0.2) is 58.8 Å². The summed E-state index contributed by atoms with van der Waals surface area (Å²) >= 11 is 5.67. The molecule has 1 aliphatic rings. The molecule has 34 heavy (non-hydrogen) atoms. The second-order valence-corrected chi connectivity index (χ2v) is 11.0. The number of phosphoric ester groups is 1. The predicted octanol–water partition coefficient (Wildman–Crippen LogP) is 2.49. The first-order valence-electron chi connectivity index (χ1n) is 9.74. The molecule has 1 saturated heterocycles. The molecule has 0 saturated carbocycles. The Balaban J connectivity index is 1.89. The molecule has 4 N–H and O–H groups in total. The minimum absolute atomic E-state index is 0.0121. The molecule has 10 nitrogen and oxygen atoms in total. The van der Waals surface area contributed by atoms with Crippen LogP contribution in [0, 0.1) is 11.6 Å². The van der Waals surface area contributed by atoms with Crippen molar-refractivity contribution < 1.29 is 46.0 Å². The molecule has 3 rings (SSSR count). The van der Waals surface area contributed by atoms with E-state index in [1.54, 1.807) is 0 Å². The van der Waals surface area contributed by atoms with E-state index in [0.717, 1.165) is 30.3 Å². The number of anilines is 1. The summed E-state index contributed by atoms with van der Waals surface area (Å²) in [6.07, 6.45) is -2.52. The molecule has 0 radical (unpaired) electrons. The lowest BCUT2D eigenvalue weighted by atomic mass is 10.1. The molecule has 1 aliphatic heterocycles. The van der Waals surface area contributed by atoms with Gasteiger partial charge in [-0.3, -0.25) is 9.32 Å². The molecule has 2 atom stereocenters. The fourth-order valence-corrected chi connectivity index (χ4v) is 5.67. The Kier molecular flexibility index (Phi) is 8.10. The van der Waals surface area contributed by atoms with Gasteiger partial charge >= 0.3 is 7.82 Å². The van der Waals surface area contributed by atoms with Gasteiger partial charge in [0.1, 0.15) is 16.5 Å². The first-order valence-corrected chi connectivity index (χ1v) is 13.1. The Morgan fingerprint density at radius 3 is 2.44 bits per heavy atom. The zero-order chi connectivity index (χ0) is 25.3. The van der Waals surface area contributed by atoms with Gasteiger partial charge in [0.05, 0.1) is 17.2 Å². The standard InChI is InChI=1S/C19H20ClF2N2O8PS/c20-15-8-12(2-6-16(15)21)23-19(26)11-1-5-17(22)18(7-11)34(30,31)24-9-13(25)3-4-14(10-24)32-33(27,28)29/h1-2,5-8,13-14,25H,3-4,9-10H2,(H,23,26)(H2,27,28,29)/t13-,14+/m1/s1. The largest absolute Gasteiger partial charge is 0.469 e. The van der Waals surface area contributed by atoms with Crippen LogP contribution >= 0.6 is 19.4 Å². The van der Waals surface area contributed by atoms with E-state index in [9.17, 15) is 31.7 Å². The van der Waals surface area contributed by atoms with Gasteiger partial charge < -0.3 is 20.2 Å². The molecule has 15 heteroatoms. The molecule has 1 amide bonds. The maximum atomic E-state index is 14.6. The quantitative estimate of drug-likeness (QED) is 0.408. The van der Waals surface area contributed by atoms with Gasteiger partial charge in [0, 0.05) is 24.3 Å². The Hall–Kier alpha value is -1.96. The highest BCUT2D eigenvalue weighted by atomic mass is 35.5. The fraction of sp³-hybridized carbons (Fsp3) is 0.316. The van der Waals surface area contributed by atoms with Crippen molar-refractivity contribution in [3.05, 3.63) is 58.6 Å². The molecule has 0 unspecified atom stereocenters. The Labute approximate surface area is 198 Å². The zero-order valence-corrected chi connectivity index (χ0v) is 19.7. The number of nitrogens with zero attached hydrogens (tertiary/aromatic N) is 1. The van der Waals surface area contributed by atoms with Crippen molar-refractivity contribution >= 4 is 41.0 Å². The van der Waals surface area contributed by atoms with Crippen molar-refractivity contribution in [1.82, 2.24) is 4.31 Å². The average Bonchev–Trinajstić information content (AvgIpc) is 2.91. The zero-order valence-electron chi connectivity index (χ0n) is 17.3. The Bertz CT molecular complexity index is 1240. The first kappa shape index (κ1) is 26.6. The summed E-state index contributed by atoms with van der Waals surface area (Å²) < 4.78 is 70.6. The van der Waals surface area contributed by atoms with Crippen molar-refractivity contribution in [1.29, 1.82) is 0 Å². The van der Waals surface area contributed by atoms with Crippen LogP contribution in [0.5, 0.6) is 0 Å². The van der Waals surface area contributed by atoms with Crippen LogP contribution in [0.1, 0.15) is 23.2 Å². The number of aliphatic hydroxyl groups is 1. The van der Waals surface area contributed by atoms with E-state index in [0.29, 0.717) is 4.31 Å². The number of carbonyl (C=O) groups excluding carboxylic acids is 1. The molecule has 1 heterocycles. The minimum Gasteiger partial charge on any atom is -0.392 e. The fourth-order valence-electron chi connectivity index (χ4n) is 3.33. The number of halogens is 3. The molecule has 0 aromatic heterocycles. The number of β-amino-alcohol motifs (C(OH)–C–C–N with tert-alkyl or cyclic N) is 1. The number of aliphatic hydroxyl groups excluding tert-OH is 1. The second-order valence-electron chi connectivity index (χ2n) is 7.50. The Morgan fingerprint density at radius 2 is 1.79 bits per heavy atom. The highest BCUT2D eigenvalue weighted by Crippen LogP contribution is 2.39. The summed E-state index contributed by atoms with van der Waals surface area (Å²) in [4.78, 5) is 29.8. The van der Waals surface area contributed by atoms with Crippen molar-refractivity contribution in [2.24, 2.45) is 0 Å². The van der Waals surface area contributed by atoms with Crippen LogP contribution in [0.4, 0.5) is 14.5 Å². The van der Waals surface area contributed by atoms with Crippen LogP contribution in [0.15, 0.2) is 41.3 Å². The number of rotatable bonds is 6. The number of phosphoric acid groups is 1. The van der Waals surface area contributed by atoms with Gasteiger partial charge in [-0.15, -0.1) is 0 Å². The number of hydrogen-bond acceptors (Lipinski definition) is 6. The molecule has 0 aliphatic carbocycles. The van der Waals surface area contributed by atoms with Crippen LogP contribution in [0.3, 0.4) is 0 Å². The van der Waals surface area contributed by atoms with Crippen LogP contribution in [-0.2, 0) is 19.1 Å². The van der Waals surface area contributed by atoms with Crippen LogP contribution in [0.25, 0.3) is 0 Å². The summed E-state index contributed by atoms with van der Waals surface area (Å²) in [6, 6.07) is 5.94. The third-order valence-corrected chi connectivity index (χ3v) is 7.63. The lowest BCUT2D eigenvalue weighted by molar-refractivity contribution is 0.102. The summed E-state index contributed by atoms with van der Waals surface area (Å²) in [5.41, 5.74) is -0.142. The predicted molar refractivity (Wildman–Crippen MR) is 117 cm³/mol. The van der Waals surface area contributed by atoms with Crippen LogP contribution in [0.2, 0.25) is 5.02 Å². The highest BCUT2D eigenvalue weighted by Gasteiger charge is 2.36. The van der Waals surface area contributed by atoms with Gasteiger partial charge in [0.2, 0.25) is 10.0 Å². The van der Waals surface area contributed by atoms with E-state index >= 15 is 0 Å². The Morgan fingerprint density at radius 1 is 1.12 bits per heavy atom. The van der Waals surface area contributed by atoms with E-state index in [-0.39, 0.29) is 29.1 Å². The minimum atomic E-state index is -4.96. The summed E-state index contributed by atoms with van der Waals surface area (Å²) in [7, 11) is -9.62. The second kappa shape index (κ2) is 10.3. The van der Waals surface area contributed by atoms with E-state index in [1.165, 1.54) is 6.07 Å². The van der Waals surface area contributed by atoms with Gasteiger partial charge in [-0.25, -0.2) is 21.8 Å². The smallest absolute Gasteiger partial charge is 0.392 e. The molecule has 186 valence electrons. The van der Waals surface area contributed by atoms with E-state index in [4.69, 9.17) is 21.4 Å². The monoisotopic (exact) mass is 540 g/mol. The maximum absolute atomic E-state index is 14.6. The number of carbonyl (C=O) groups is 1. The molecule has 1 fully saturated rings. The number of benzene rings is 2. The average molecular weight is 541 g/mol. The summed E-state index contributed by atoms with van der Waals surface area (Å²) in [5.74, 6) is -2.74. The van der Waals surface area contributed by atoms with Gasteiger partial charge in [-0.1, -0.05) is 11.6 Å². The third kappa shape index (κ3) is 6.58. The van der Waals surface area contributed by atoms with Gasteiger partial charge in [0.25, 0.3) is 5.91 Å². The van der Waals surface area contributed by atoms with Crippen molar-refractivity contribution in [3.63, 3.8) is 0 Å². The van der Waals surface area contributed by atoms with E-state index < -0.39 is 65.6 Å². The molecule has 2 aromatic carbocycles. The van der Waals surface area contributed by atoms with Gasteiger partial charge in [0.15, 0.2) is 0 Å². The number of sulfonamides is 1. The number of hydrogen-bond donors (Lipinski definition) is 4. The molecular weight excluding hydrogens is 521 g/mol. The summed E-state index contributed by atoms with van der Waals surface area (Å²) in [5, 5.41) is 12.2. The van der Waals surface area contributed by atoms with Crippen molar-refractivity contribution in [2.45, 2.75) is 29.9 Å². The van der Waals surface area contributed by atoms with E-state index in [1.807, 2.05) is 0 Å². The summed E-state index contributed by atoms with van der Waals surface area (Å²) in [6.45, 7) is -1.04. The molecule has 0 spiro atoms. The van der Waals surface area contributed by atoms with Crippen LogP contribution < -0.4 is 5.32 Å². The SMILES string of the molecule is O=C(Nc1ccc(F)c(Cl)c1)c1ccc(F)c(S(=O)(=O)N2C[C@H](O)CC[C@H](OP(=O)(O)O)C2)c1. The van der Waals surface area contributed by atoms with Gasteiger partial charge in [-0.05, 0) is 49.2 Å². The lowest BCUT2D eigenvalue weighted by Gasteiger charge is -2.25. The van der Waals surface area contributed by atoms with Crippen molar-refractivity contribution in [2.75, 3.05) is 18.4 Å². The normalized spacial score (nSPS) is 20.1. The number of nitrogens with one attached hydrogen (secondary N) is 1. The molecule has 0 bridgehead atoms. The van der Waals surface area contributed by atoms with Gasteiger partial charge in [-0.2, -0.15) is 4.31 Å². The lowest BCUT2D eigenvalue weighted by Crippen LogP contribution is -2.40. The molecular formula is C19H20ClF2N2O8PS. The molecule has 2 aromatic rings. The van der Waals surface area contributed by atoms with Crippen molar-refractivity contribution in [3.8, 4) is 0 Å². The number of amides is 1. The topological polar surface area (TPSA) is 153 Å². The first-order chi connectivity index (χ1) is 15.8. The maximum Gasteiger partial charge on any atom is 0.469 e. The highest BCUT2D eigenvalue weighted by molar-refractivity contribution is 7.89. The van der Waals surface area contributed by atoms with E-state index in [2.05, 4.69) is 9.84 Å². The third-order valence-electron chi connectivity index (χ3n) is 4.92.